The van der Waals surface area contributed by atoms with Gasteiger partial charge in [-0.05, 0) is 12.1 Å². The van der Waals surface area contributed by atoms with Crippen molar-refractivity contribution in [3.05, 3.63) is 66.7 Å². The first kappa shape index (κ1) is 18.0. The van der Waals surface area contributed by atoms with Crippen molar-refractivity contribution in [2.24, 2.45) is 0 Å². The van der Waals surface area contributed by atoms with E-state index in [1.54, 1.807) is 44.4 Å². The number of nitrogens with one attached hydrogen (secondary N) is 2. The lowest BCUT2D eigenvalue weighted by Crippen LogP contribution is -2.06. The average molecular weight is 393 g/mol. The second-order valence-corrected chi connectivity index (χ2v) is 8.01. The number of anilines is 2. The number of sulfone groups is 1. The predicted octanol–water partition coefficient (Wildman–Crippen LogP) is 3.31. The van der Waals surface area contributed by atoms with E-state index in [4.69, 9.17) is 0 Å². The fourth-order valence-electron chi connectivity index (χ4n) is 3.06. The highest BCUT2D eigenvalue weighted by molar-refractivity contribution is 7.91. The summed E-state index contributed by atoms with van der Waals surface area (Å²) in [5, 5.41) is 10.4. The van der Waals surface area contributed by atoms with Crippen LogP contribution >= 0.6 is 0 Å². The maximum Gasteiger partial charge on any atom is 0.214 e. The second-order valence-electron chi connectivity index (χ2n) is 6.12. The van der Waals surface area contributed by atoms with Gasteiger partial charge in [0, 0.05) is 25.7 Å². The lowest BCUT2D eigenvalue weighted by atomic mass is 10.1. The van der Waals surface area contributed by atoms with E-state index < -0.39 is 9.84 Å². The fourth-order valence-corrected chi connectivity index (χ4v) is 4.58. The number of hydrogen-bond donors (Lipinski definition) is 2. The molecule has 0 radical (unpaired) electrons. The molecule has 0 atom stereocenters. The first-order chi connectivity index (χ1) is 13.6. The molecule has 8 heteroatoms. The highest BCUT2D eigenvalue weighted by atomic mass is 32.2. The van der Waals surface area contributed by atoms with E-state index >= 15 is 0 Å². The minimum atomic E-state index is -3.83. The number of aromatic nitrogens is 3. The lowest BCUT2D eigenvalue weighted by molar-refractivity contribution is 0.597. The van der Waals surface area contributed by atoms with Crippen LogP contribution in [0.3, 0.4) is 0 Å². The minimum Gasteiger partial charge on any atom is -0.373 e. The molecule has 0 saturated heterocycles. The monoisotopic (exact) mass is 393 g/mol. The summed E-state index contributed by atoms with van der Waals surface area (Å²) >= 11 is 0. The second kappa shape index (κ2) is 6.97. The summed E-state index contributed by atoms with van der Waals surface area (Å²) < 4.78 is 28.3. The Morgan fingerprint density at radius 3 is 2.14 bits per heavy atom. The maximum absolute atomic E-state index is 13.4. The van der Waals surface area contributed by atoms with Gasteiger partial charge in [-0.15, -0.1) is 5.10 Å². The molecule has 0 aliphatic rings. The molecule has 0 aliphatic heterocycles. The molecule has 2 aromatic carbocycles. The molecule has 28 heavy (non-hydrogen) atoms. The van der Waals surface area contributed by atoms with Crippen molar-refractivity contribution in [1.82, 2.24) is 14.6 Å². The molecule has 4 rings (SSSR count). The molecule has 0 spiro atoms. The van der Waals surface area contributed by atoms with Gasteiger partial charge >= 0.3 is 0 Å². The van der Waals surface area contributed by atoms with Gasteiger partial charge in [0.2, 0.25) is 9.84 Å². The molecule has 142 valence electrons. The van der Waals surface area contributed by atoms with Gasteiger partial charge in [-0.3, -0.25) is 0 Å². The number of fused-ring (bicyclic) bond motifs is 1. The molecule has 0 saturated carbocycles. The van der Waals surface area contributed by atoms with Gasteiger partial charge in [0.05, 0.1) is 10.6 Å². The molecule has 2 heterocycles. The molecule has 7 nitrogen and oxygen atoms in total. The molecule has 2 aromatic heterocycles. The predicted molar refractivity (Wildman–Crippen MR) is 109 cm³/mol. The van der Waals surface area contributed by atoms with E-state index in [0.717, 1.165) is 5.56 Å². The van der Waals surface area contributed by atoms with Crippen LogP contribution in [-0.2, 0) is 9.84 Å². The lowest BCUT2D eigenvalue weighted by Gasteiger charge is -2.09. The summed E-state index contributed by atoms with van der Waals surface area (Å²) in [4.78, 5) is 4.90. The Morgan fingerprint density at radius 1 is 0.893 bits per heavy atom. The molecule has 4 aromatic rings. The van der Waals surface area contributed by atoms with Gasteiger partial charge in [-0.1, -0.05) is 48.5 Å². The topological polar surface area (TPSA) is 88.4 Å². The Bertz CT molecular complexity index is 1240. The van der Waals surface area contributed by atoms with Gasteiger partial charge in [0.25, 0.3) is 0 Å². The fraction of sp³-hybridized carbons (Fsp3) is 0.100. The molecule has 0 unspecified atom stereocenters. The average Bonchev–Trinajstić information content (AvgIpc) is 3.13. The zero-order chi connectivity index (χ0) is 19.7. The van der Waals surface area contributed by atoms with Crippen molar-refractivity contribution >= 4 is 27.1 Å². The third-order valence-corrected chi connectivity index (χ3v) is 6.24. The molecular weight excluding hydrogens is 374 g/mol. The minimum absolute atomic E-state index is 0.0514. The van der Waals surface area contributed by atoms with Crippen LogP contribution in [0.25, 0.3) is 16.9 Å². The van der Waals surface area contributed by atoms with Crippen LogP contribution in [0.2, 0.25) is 0 Å². The Kier molecular flexibility index (Phi) is 4.48. The van der Waals surface area contributed by atoms with Crippen LogP contribution in [0.1, 0.15) is 0 Å². The molecule has 0 aliphatic carbocycles. The Morgan fingerprint density at radius 2 is 1.54 bits per heavy atom. The third-order valence-electron chi connectivity index (χ3n) is 4.43. The highest BCUT2D eigenvalue weighted by Gasteiger charge is 2.29. The zero-order valence-electron chi connectivity index (χ0n) is 15.4. The quantitative estimate of drug-likeness (QED) is 0.541. The van der Waals surface area contributed by atoms with Crippen molar-refractivity contribution in [1.29, 1.82) is 0 Å². The van der Waals surface area contributed by atoms with Gasteiger partial charge in [0.15, 0.2) is 16.4 Å². The van der Waals surface area contributed by atoms with E-state index in [9.17, 15) is 8.42 Å². The first-order valence-electron chi connectivity index (χ1n) is 8.71. The third kappa shape index (κ3) is 2.87. The summed E-state index contributed by atoms with van der Waals surface area (Å²) in [6.07, 6.45) is 0. The molecule has 0 fully saturated rings. The van der Waals surface area contributed by atoms with E-state index in [0.29, 0.717) is 11.5 Å². The summed E-state index contributed by atoms with van der Waals surface area (Å²) in [5.41, 5.74) is 1.81. The normalized spacial score (nSPS) is 11.5. The van der Waals surface area contributed by atoms with Crippen molar-refractivity contribution in [2.45, 2.75) is 9.79 Å². The van der Waals surface area contributed by atoms with Crippen LogP contribution < -0.4 is 10.6 Å². The Labute approximate surface area is 163 Å². The number of hydrogen-bond acceptors (Lipinski definition) is 6. The van der Waals surface area contributed by atoms with Crippen molar-refractivity contribution in [3.63, 3.8) is 0 Å². The summed E-state index contributed by atoms with van der Waals surface area (Å²) in [7, 11) is -0.424. The van der Waals surface area contributed by atoms with Gasteiger partial charge in [0.1, 0.15) is 5.82 Å². The van der Waals surface area contributed by atoms with Crippen LogP contribution in [0, 0.1) is 0 Å². The van der Waals surface area contributed by atoms with E-state index in [1.807, 2.05) is 36.4 Å². The number of rotatable bonds is 5. The summed E-state index contributed by atoms with van der Waals surface area (Å²) in [6.45, 7) is 0. The first-order valence-corrected chi connectivity index (χ1v) is 10.2. The Hall–Kier alpha value is -3.39. The zero-order valence-corrected chi connectivity index (χ0v) is 16.2. The summed E-state index contributed by atoms with van der Waals surface area (Å²) in [5.74, 6) is 0.882. The van der Waals surface area contributed by atoms with Crippen molar-refractivity contribution in [3.8, 4) is 11.3 Å². The van der Waals surface area contributed by atoms with Crippen molar-refractivity contribution in [2.75, 3.05) is 24.7 Å². The van der Waals surface area contributed by atoms with E-state index in [1.165, 1.54) is 4.52 Å². The molecular formula is C20H19N5O2S. The Balaban J connectivity index is 2.06. The number of nitrogens with zero attached hydrogens (tertiary/aromatic N) is 3. The molecule has 0 bridgehead atoms. The van der Waals surface area contributed by atoms with Crippen molar-refractivity contribution < 1.29 is 8.42 Å². The van der Waals surface area contributed by atoms with Gasteiger partial charge < -0.3 is 10.6 Å². The SMILES string of the molecule is CNc1nn2c(NC)cc(-c3ccccc3)nc2c1S(=O)(=O)c1ccccc1. The standard InChI is InChI=1S/C20H19N5O2S/c1-21-17-13-16(14-9-5-3-6-10-14)23-20-18(19(22-2)24-25(17)20)28(26,27)15-11-7-4-8-12-15/h3-13,21H,1-2H3,(H,22,24). The van der Waals surface area contributed by atoms with Crippen LogP contribution in [0.15, 0.2) is 76.5 Å². The molecule has 2 N–H and O–H groups in total. The summed E-state index contributed by atoms with van der Waals surface area (Å²) in [6, 6.07) is 19.7. The number of benzene rings is 2. The van der Waals surface area contributed by atoms with Gasteiger partial charge in [-0.2, -0.15) is 4.52 Å². The largest absolute Gasteiger partial charge is 0.373 e. The van der Waals surface area contributed by atoms with Crippen LogP contribution in [0.4, 0.5) is 11.6 Å². The van der Waals surface area contributed by atoms with Crippen LogP contribution in [0.5, 0.6) is 0 Å². The maximum atomic E-state index is 13.4. The van der Waals surface area contributed by atoms with E-state index in [2.05, 4.69) is 20.7 Å². The van der Waals surface area contributed by atoms with Crippen LogP contribution in [-0.4, -0.2) is 37.1 Å². The van der Waals surface area contributed by atoms with Gasteiger partial charge in [-0.25, -0.2) is 13.4 Å². The van der Waals surface area contributed by atoms with E-state index in [-0.39, 0.29) is 21.3 Å². The molecule has 0 amide bonds. The smallest absolute Gasteiger partial charge is 0.214 e. The highest BCUT2D eigenvalue weighted by Crippen LogP contribution is 2.33.